The van der Waals surface area contributed by atoms with Crippen molar-refractivity contribution in [2.24, 2.45) is 0 Å². The lowest BCUT2D eigenvalue weighted by Crippen LogP contribution is -1.92. The molecule has 0 radical (unpaired) electrons. The minimum atomic E-state index is 1.11. The fourth-order valence-electron chi connectivity index (χ4n) is 1.44. The van der Waals surface area contributed by atoms with Gasteiger partial charge in [-0.25, -0.2) is 0 Å². The highest BCUT2D eigenvalue weighted by atomic mass is 79.9. The summed E-state index contributed by atoms with van der Waals surface area (Å²) in [5.74, 6) is 0. The summed E-state index contributed by atoms with van der Waals surface area (Å²) in [7, 11) is 0. The Hall–Kier alpha value is -1.28. The van der Waals surface area contributed by atoms with E-state index < -0.39 is 0 Å². The predicted octanol–water partition coefficient (Wildman–Crippen LogP) is 4.50. The van der Waals surface area contributed by atoms with Crippen molar-refractivity contribution in [3.05, 3.63) is 58.6 Å². The van der Waals surface area contributed by atoms with Crippen LogP contribution in [0.4, 0.5) is 11.4 Å². The molecule has 2 aromatic rings. The molecule has 76 valence electrons. The van der Waals surface area contributed by atoms with Crippen LogP contribution in [0.15, 0.2) is 53.0 Å². The van der Waals surface area contributed by atoms with Crippen molar-refractivity contribution in [2.75, 3.05) is 5.32 Å². The molecule has 0 saturated carbocycles. The molecule has 0 unspecified atom stereocenters. The van der Waals surface area contributed by atoms with Crippen LogP contribution >= 0.6 is 15.9 Å². The number of halogens is 1. The molecule has 0 saturated heterocycles. The van der Waals surface area contributed by atoms with Crippen molar-refractivity contribution < 1.29 is 0 Å². The molecule has 2 heteroatoms. The maximum atomic E-state index is 3.45. The summed E-state index contributed by atoms with van der Waals surface area (Å²) in [5, 5.41) is 3.38. The Kier molecular flexibility index (Phi) is 3.07. The molecule has 2 rings (SSSR count). The largest absolute Gasteiger partial charge is 0.355 e. The molecule has 15 heavy (non-hydrogen) atoms. The molecule has 0 amide bonds. The van der Waals surface area contributed by atoms with Gasteiger partial charge in [-0.3, -0.25) is 0 Å². The lowest BCUT2D eigenvalue weighted by molar-refractivity contribution is 1.42. The molecule has 0 atom stereocenters. The Morgan fingerprint density at radius 2 is 1.73 bits per heavy atom. The van der Waals surface area contributed by atoms with E-state index in [9.17, 15) is 0 Å². The maximum absolute atomic E-state index is 3.45. The van der Waals surface area contributed by atoms with Crippen LogP contribution in [-0.2, 0) is 0 Å². The second-order valence-electron chi connectivity index (χ2n) is 3.45. The van der Waals surface area contributed by atoms with Crippen molar-refractivity contribution in [1.29, 1.82) is 0 Å². The molecule has 1 N–H and O–H groups in total. The van der Waals surface area contributed by atoms with Crippen molar-refractivity contribution in [2.45, 2.75) is 6.92 Å². The minimum Gasteiger partial charge on any atom is -0.355 e. The standard InChI is InChI=1S/C13H12BrN/c1-10-9-11(14)7-8-13(10)15-12-5-3-2-4-6-12/h2-9,15H,1H3. The lowest BCUT2D eigenvalue weighted by Gasteiger charge is -2.09. The summed E-state index contributed by atoms with van der Waals surface area (Å²) in [4.78, 5) is 0. The van der Waals surface area contributed by atoms with Gasteiger partial charge in [-0.1, -0.05) is 34.1 Å². The fraction of sp³-hybridized carbons (Fsp3) is 0.0769. The molecule has 0 bridgehead atoms. The maximum Gasteiger partial charge on any atom is 0.0414 e. The van der Waals surface area contributed by atoms with Gasteiger partial charge >= 0.3 is 0 Å². The SMILES string of the molecule is Cc1cc(Br)ccc1Nc1ccccc1. The van der Waals surface area contributed by atoms with Gasteiger partial charge in [-0.15, -0.1) is 0 Å². The first kappa shape index (κ1) is 10.2. The molecule has 0 fully saturated rings. The molecule has 0 aliphatic rings. The number of nitrogens with one attached hydrogen (secondary N) is 1. The highest BCUT2D eigenvalue weighted by Crippen LogP contribution is 2.23. The Morgan fingerprint density at radius 1 is 1.00 bits per heavy atom. The van der Waals surface area contributed by atoms with Crippen LogP contribution in [0.2, 0.25) is 0 Å². The van der Waals surface area contributed by atoms with Crippen LogP contribution in [0, 0.1) is 6.92 Å². The summed E-state index contributed by atoms with van der Waals surface area (Å²) in [5.41, 5.74) is 3.49. The van der Waals surface area contributed by atoms with Crippen LogP contribution in [0.1, 0.15) is 5.56 Å². The average Bonchev–Trinajstić information content (AvgIpc) is 2.24. The number of rotatable bonds is 2. The monoisotopic (exact) mass is 261 g/mol. The first-order valence-corrected chi connectivity index (χ1v) is 5.63. The van der Waals surface area contributed by atoms with Gasteiger partial charge in [0.2, 0.25) is 0 Å². The van der Waals surface area contributed by atoms with Gasteiger partial charge < -0.3 is 5.32 Å². The van der Waals surface area contributed by atoms with E-state index in [2.05, 4.69) is 52.4 Å². The number of hydrogen-bond acceptors (Lipinski definition) is 1. The van der Waals surface area contributed by atoms with Crippen molar-refractivity contribution in [3.63, 3.8) is 0 Å². The second-order valence-corrected chi connectivity index (χ2v) is 4.37. The molecule has 0 aliphatic carbocycles. The smallest absolute Gasteiger partial charge is 0.0414 e. The van der Waals surface area contributed by atoms with Crippen LogP contribution in [0.3, 0.4) is 0 Å². The first-order chi connectivity index (χ1) is 7.25. The zero-order valence-electron chi connectivity index (χ0n) is 8.50. The van der Waals surface area contributed by atoms with Crippen molar-refractivity contribution in [3.8, 4) is 0 Å². The van der Waals surface area contributed by atoms with E-state index in [1.165, 1.54) is 5.56 Å². The topological polar surface area (TPSA) is 12.0 Å². The van der Waals surface area contributed by atoms with Crippen molar-refractivity contribution in [1.82, 2.24) is 0 Å². The van der Waals surface area contributed by atoms with E-state index in [1.807, 2.05) is 24.3 Å². The number of hydrogen-bond donors (Lipinski definition) is 1. The van der Waals surface area contributed by atoms with Gasteiger partial charge in [-0.05, 0) is 42.8 Å². The van der Waals surface area contributed by atoms with Crippen LogP contribution in [0.5, 0.6) is 0 Å². The van der Waals surface area contributed by atoms with Gasteiger partial charge in [0.05, 0.1) is 0 Å². The molecule has 0 heterocycles. The minimum absolute atomic E-state index is 1.11. The van der Waals surface area contributed by atoms with E-state index in [4.69, 9.17) is 0 Å². The van der Waals surface area contributed by atoms with Crippen molar-refractivity contribution >= 4 is 27.3 Å². The Labute approximate surface area is 98.3 Å². The normalized spacial score (nSPS) is 10.0. The Bertz CT molecular complexity index is 451. The zero-order chi connectivity index (χ0) is 10.7. The van der Waals surface area contributed by atoms with E-state index in [0.717, 1.165) is 15.8 Å². The summed E-state index contributed by atoms with van der Waals surface area (Å²) in [6.45, 7) is 2.09. The lowest BCUT2D eigenvalue weighted by atomic mass is 10.2. The number of anilines is 2. The molecular formula is C13H12BrN. The molecule has 1 nitrogen and oxygen atoms in total. The van der Waals surface area contributed by atoms with Crippen LogP contribution in [0.25, 0.3) is 0 Å². The number of benzene rings is 2. The third-order valence-corrected chi connectivity index (χ3v) is 2.73. The van der Waals surface area contributed by atoms with E-state index >= 15 is 0 Å². The molecule has 0 spiro atoms. The quantitative estimate of drug-likeness (QED) is 0.840. The number of aryl methyl sites for hydroxylation is 1. The third kappa shape index (κ3) is 2.60. The van der Waals surface area contributed by atoms with Crippen LogP contribution in [-0.4, -0.2) is 0 Å². The highest BCUT2D eigenvalue weighted by Gasteiger charge is 1.98. The number of para-hydroxylation sites is 1. The second kappa shape index (κ2) is 4.49. The van der Waals surface area contributed by atoms with Gasteiger partial charge in [0, 0.05) is 15.8 Å². The van der Waals surface area contributed by atoms with E-state index in [0.29, 0.717) is 0 Å². The average molecular weight is 262 g/mol. The summed E-state index contributed by atoms with van der Waals surface area (Å²) in [6.07, 6.45) is 0. The van der Waals surface area contributed by atoms with E-state index in [1.54, 1.807) is 0 Å². The molecule has 2 aromatic carbocycles. The van der Waals surface area contributed by atoms with Gasteiger partial charge in [0.15, 0.2) is 0 Å². The predicted molar refractivity (Wildman–Crippen MR) is 68.6 cm³/mol. The Balaban J connectivity index is 2.25. The van der Waals surface area contributed by atoms with Gasteiger partial charge in [-0.2, -0.15) is 0 Å². The van der Waals surface area contributed by atoms with Gasteiger partial charge in [0.25, 0.3) is 0 Å². The third-order valence-electron chi connectivity index (χ3n) is 2.24. The highest BCUT2D eigenvalue weighted by molar-refractivity contribution is 9.10. The van der Waals surface area contributed by atoms with Crippen LogP contribution < -0.4 is 5.32 Å². The fourth-order valence-corrected chi connectivity index (χ4v) is 1.92. The summed E-state index contributed by atoms with van der Waals surface area (Å²) in [6, 6.07) is 16.4. The molecule has 0 aliphatic heterocycles. The first-order valence-electron chi connectivity index (χ1n) is 4.84. The summed E-state index contributed by atoms with van der Waals surface area (Å²) < 4.78 is 1.11. The zero-order valence-corrected chi connectivity index (χ0v) is 10.1. The van der Waals surface area contributed by atoms with E-state index in [-0.39, 0.29) is 0 Å². The Morgan fingerprint density at radius 3 is 2.40 bits per heavy atom. The summed E-state index contributed by atoms with van der Waals surface area (Å²) >= 11 is 3.45. The molecular weight excluding hydrogens is 250 g/mol. The van der Waals surface area contributed by atoms with Gasteiger partial charge in [0.1, 0.15) is 0 Å². The molecule has 0 aromatic heterocycles.